The predicted octanol–water partition coefficient (Wildman–Crippen LogP) is 3.59. The van der Waals surface area contributed by atoms with E-state index in [2.05, 4.69) is 5.32 Å². The SMILES string of the molecule is C[C@@H](CNc1ccc(S(=O)(=O)N2CCCC2)cc1[N+](=O)[O-])c1ccccc1. The monoisotopic (exact) mass is 389 g/mol. The molecule has 3 rings (SSSR count). The zero-order valence-electron chi connectivity index (χ0n) is 15.2. The summed E-state index contributed by atoms with van der Waals surface area (Å²) in [5, 5.41) is 14.6. The minimum absolute atomic E-state index is 0.0299. The van der Waals surface area contributed by atoms with E-state index in [0.29, 0.717) is 25.3 Å². The van der Waals surface area contributed by atoms with Crippen molar-refractivity contribution in [2.75, 3.05) is 25.0 Å². The van der Waals surface area contributed by atoms with Crippen molar-refractivity contribution in [3.05, 3.63) is 64.2 Å². The average Bonchev–Trinajstić information content (AvgIpc) is 3.22. The van der Waals surface area contributed by atoms with Gasteiger partial charge in [0.05, 0.1) is 9.82 Å². The molecule has 2 aromatic rings. The molecular weight excluding hydrogens is 366 g/mol. The molecule has 1 aliphatic heterocycles. The molecule has 0 saturated carbocycles. The van der Waals surface area contributed by atoms with Gasteiger partial charge in [-0.05, 0) is 36.5 Å². The first-order valence-electron chi connectivity index (χ1n) is 8.97. The molecule has 1 atom stereocenters. The fraction of sp³-hybridized carbons (Fsp3) is 0.368. The highest BCUT2D eigenvalue weighted by Gasteiger charge is 2.29. The van der Waals surface area contributed by atoms with Gasteiger partial charge in [0.1, 0.15) is 5.69 Å². The van der Waals surface area contributed by atoms with Crippen LogP contribution in [-0.2, 0) is 10.0 Å². The van der Waals surface area contributed by atoms with E-state index in [9.17, 15) is 18.5 Å². The molecule has 0 aliphatic carbocycles. The summed E-state index contributed by atoms with van der Waals surface area (Å²) in [5.41, 5.74) is 1.22. The van der Waals surface area contributed by atoms with Crippen molar-refractivity contribution < 1.29 is 13.3 Å². The first kappa shape index (κ1) is 19.3. The van der Waals surface area contributed by atoms with Crippen molar-refractivity contribution in [1.82, 2.24) is 4.31 Å². The van der Waals surface area contributed by atoms with Crippen LogP contribution in [0.2, 0.25) is 0 Å². The first-order chi connectivity index (χ1) is 12.9. The van der Waals surface area contributed by atoms with Gasteiger partial charge < -0.3 is 5.32 Å². The van der Waals surface area contributed by atoms with Crippen LogP contribution in [0.3, 0.4) is 0 Å². The Labute approximate surface area is 159 Å². The summed E-state index contributed by atoms with van der Waals surface area (Å²) in [4.78, 5) is 10.9. The van der Waals surface area contributed by atoms with Crippen LogP contribution in [0, 0.1) is 10.1 Å². The Morgan fingerprint density at radius 3 is 2.44 bits per heavy atom. The van der Waals surface area contributed by atoms with Gasteiger partial charge in [-0.1, -0.05) is 37.3 Å². The van der Waals surface area contributed by atoms with E-state index < -0.39 is 14.9 Å². The predicted molar refractivity (Wildman–Crippen MR) is 104 cm³/mol. The molecule has 0 amide bonds. The van der Waals surface area contributed by atoms with Gasteiger partial charge in [0.2, 0.25) is 10.0 Å². The average molecular weight is 389 g/mol. The zero-order chi connectivity index (χ0) is 19.4. The molecule has 1 heterocycles. The van der Waals surface area contributed by atoms with Crippen molar-refractivity contribution >= 4 is 21.4 Å². The van der Waals surface area contributed by atoms with Crippen molar-refractivity contribution in [3.63, 3.8) is 0 Å². The number of sulfonamides is 1. The Bertz CT molecular complexity index is 910. The third kappa shape index (κ3) is 4.28. The van der Waals surface area contributed by atoms with Crippen molar-refractivity contribution in [2.24, 2.45) is 0 Å². The van der Waals surface area contributed by atoms with E-state index >= 15 is 0 Å². The summed E-state index contributed by atoms with van der Waals surface area (Å²) >= 11 is 0. The lowest BCUT2D eigenvalue weighted by atomic mass is 10.0. The second kappa shape index (κ2) is 8.06. The Kier molecular flexibility index (Phi) is 5.76. The van der Waals surface area contributed by atoms with Crippen molar-refractivity contribution in [2.45, 2.75) is 30.6 Å². The van der Waals surface area contributed by atoms with E-state index in [1.807, 2.05) is 37.3 Å². The standard InChI is InChI=1S/C19H23N3O4S/c1-15(16-7-3-2-4-8-16)14-20-18-10-9-17(13-19(18)22(23)24)27(25,26)21-11-5-6-12-21/h2-4,7-10,13,15,20H,5-6,11-12,14H2,1H3/t15-/m0/s1. The molecule has 0 spiro atoms. The number of benzene rings is 2. The molecule has 7 nitrogen and oxygen atoms in total. The fourth-order valence-corrected chi connectivity index (χ4v) is 4.75. The Morgan fingerprint density at radius 1 is 1.15 bits per heavy atom. The Balaban J connectivity index is 1.81. The second-order valence-electron chi connectivity index (χ2n) is 6.74. The van der Waals surface area contributed by atoms with Crippen LogP contribution in [-0.4, -0.2) is 37.3 Å². The Hall–Kier alpha value is -2.45. The first-order valence-corrected chi connectivity index (χ1v) is 10.4. The third-order valence-corrected chi connectivity index (χ3v) is 6.73. The van der Waals surface area contributed by atoms with Crippen LogP contribution in [0.1, 0.15) is 31.2 Å². The summed E-state index contributed by atoms with van der Waals surface area (Å²) in [6.45, 7) is 3.46. The molecule has 144 valence electrons. The smallest absolute Gasteiger partial charge is 0.293 e. The summed E-state index contributed by atoms with van der Waals surface area (Å²) in [6, 6.07) is 13.9. The maximum Gasteiger partial charge on any atom is 0.293 e. The number of nitro benzene ring substituents is 1. The van der Waals surface area contributed by atoms with Crippen LogP contribution in [0.4, 0.5) is 11.4 Å². The van der Waals surface area contributed by atoms with Gasteiger partial charge in [-0.15, -0.1) is 0 Å². The maximum absolute atomic E-state index is 12.7. The van der Waals surface area contributed by atoms with E-state index in [-0.39, 0.29) is 16.5 Å². The van der Waals surface area contributed by atoms with Gasteiger partial charge in [-0.25, -0.2) is 8.42 Å². The van der Waals surface area contributed by atoms with Crippen LogP contribution >= 0.6 is 0 Å². The normalized spacial score (nSPS) is 16.2. The van der Waals surface area contributed by atoms with Crippen molar-refractivity contribution in [1.29, 1.82) is 0 Å². The molecule has 1 N–H and O–H groups in total. The summed E-state index contributed by atoms with van der Waals surface area (Å²) in [5.74, 6) is 0.152. The number of hydrogen-bond acceptors (Lipinski definition) is 5. The molecule has 2 aromatic carbocycles. The summed E-state index contributed by atoms with van der Waals surface area (Å²) in [7, 11) is -3.68. The van der Waals surface area contributed by atoms with Gasteiger partial charge >= 0.3 is 0 Å². The minimum Gasteiger partial charge on any atom is -0.379 e. The summed E-state index contributed by atoms with van der Waals surface area (Å²) < 4.78 is 26.7. The number of hydrogen-bond donors (Lipinski definition) is 1. The topological polar surface area (TPSA) is 92.6 Å². The van der Waals surface area contributed by atoms with Crippen LogP contribution in [0.15, 0.2) is 53.4 Å². The van der Waals surface area contributed by atoms with Gasteiger partial charge in [-0.3, -0.25) is 10.1 Å². The van der Waals surface area contributed by atoms with Gasteiger partial charge in [0, 0.05) is 25.7 Å². The van der Waals surface area contributed by atoms with E-state index in [0.717, 1.165) is 24.5 Å². The number of nitrogens with zero attached hydrogens (tertiary/aromatic N) is 2. The van der Waals surface area contributed by atoms with Gasteiger partial charge in [0.15, 0.2) is 0 Å². The van der Waals surface area contributed by atoms with E-state index in [1.165, 1.54) is 16.4 Å². The van der Waals surface area contributed by atoms with Gasteiger partial charge in [0.25, 0.3) is 5.69 Å². The van der Waals surface area contributed by atoms with Crippen LogP contribution in [0.5, 0.6) is 0 Å². The molecule has 0 aromatic heterocycles. The highest BCUT2D eigenvalue weighted by molar-refractivity contribution is 7.89. The quantitative estimate of drug-likeness (QED) is 0.577. The fourth-order valence-electron chi connectivity index (χ4n) is 3.21. The maximum atomic E-state index is 12.7. The second-order valence-corrected chi connectivity index (χ2v) is 8.68. The zero-order valence-corrected chi connectivity index (χ0v) is 16.0. The molecule has 0 radical (unpaired) electrons. The molecule has 1 aliphatic rings. The lowest BCUT2D eigenvalue weighted by molar-refractivity contribution is -0.384. The number of nitrogens with one attached hydrogen (secondary N) is 1. The number of rotatable bonds is 7. The summed E-state index contributed by atoms with van der Waals surface area (Å²) in [6.07, 6.45) is 1.64. The lowest BCUT2D eigenvalue weighted by Crippen LogP contribution is -2.27. The number of nitro groups is 1. The molecule has 0 unspecified atom stereocenters. The molecule has 0 bridgehead atoms. The third-order valence-electron chi connectivity index (χ3n) is 4.84. The largest absolute Gasteiger partial charge is 0.379 e. The van der Waals surface area contributed by atoms with E-state index in [4.69, 9.17) is 0 Å². The molecule has 27 heavy (non-hydrogen) atoms. The highest BCUT2D eigenvalue weighted by atomic mass is 32.2. The van der Waals surface area contributed by atoms with Crippen molar-refractivity contribution in [3.8, 4) is 0 Å². The minimum atomic E-state index is -3.68. The Morgan fingerprint density at radius 2 is 1.81 bits per heavy atom. The molecule has 1 saturated heterocycles. The molecule has 1 fully saturated rings. The van der Waals surface area contributed by atoms with E-state index in [1.54, 1.807) is 0 Å². The lowest BCUT2D eigenvalue weighted by Gasteiger charge is -2.17. The molecule has 8 heteroatoms. The van der Waals surface area contributed by atoms with Crippen LogP contribution < -0.4 is 5.32 Å². The molecular formula is C19H23N3O4S. The number of anilines is 1. The highest BCUT2D eigenvalue weighted by Crippen LogP contribution is 2.30. The van der Waals surface area contributed by atoms with Crippen LogP contribution in [0.25, 0.3) is 0 Å². The van der Waals surface area contributed by atoms with Gasteiger partial charge in [-0.2, -0.15) is 4.31 Å².